The first-order valence-electron chi connectivity index (χ1n) is 5.49. The zero-order valence-electron chi connectivity index (χ0n) is 9.08. The second kappa shape index (κ2) is 3.73. The van der Waals surface area contributed by atoms with E-state index < -0.39 is 0 Å². The summed E-state index contributed by atoms with van der Waals surface area (Å²) in [5.41, 5.74) is 1.65. The summed E-state index contributed by atoms with van der Waals surface area (Å²) >= 11 is 0. The predicted octanol–water partition coefficient (Wildman–Crippen LogP) is 1.59. The summed E-state index contributed by atoms with van der Waals surface area (Å²) in [6.07, 6.45) is 5.58. The Kier molecular flexibility index (Phi) is 2.59. The van der Waals surface area contributed by atoms with Crippen molar-refractivity contribution in [1.29, 1.82) is 0 Å². The van der Waals surface area contributed by atoms with Crippen LogP contribution in [-0.2, 0) is 13.0 Å². The van der Waals surface area contributed by atoms with E-state index in [-0.39, 0.29) is 0 Å². The minimum Gasteiger partial charge on any atom is -0.311 e. The summed E-state index contributed by atoms with van der Waals surface area (Å²) in [6, 6.07) is 2.13. The minimum atomic E-state index is 0.299. The molecule has 0 amide bonds. The van der Waals surface area contributed by atoms with Gasteiger partial charge in [0.1, 0.15) is 0 Å². The smallest absolute Gasteiger partial charge is 0.0492 e. The Morgan fingerprint density at radius 1 is 1.64 bits per heavy atom. The van der Waals surface area contributed by atoms with Crippen LogP contribution < -0.4 is 5.32 Å². The van der Waals surface area contributed by atoms with E-state index in [9.17, 15) is 0 Å². The molecule has 0 aliphatic carbocycles. The molecule has 0 bridgehead atoms. The normalized spacial score (nSPS) is 27.0. The van der Waals surface area contributed by atoms with Gasteiger partial charge in [0.15, 0.2) is 0 Å². The van der Waals surface area contributed by atoms with Crippen molar-refractivity contribution in [2.75, 3.05) is 6.54 Å². The van der Waals surface area contributed by atoms with Gasteiger partial charge in [0, 0.05) is 30.4 Å². The molecule has 2 heterocycles. The van der Waals surface area contributed by atoms with Crippen LogP contribution in [0.2, 0.25) is 0 Å². The van der Waals surface area contributed by atoms with Crippen molar-refractivity contribution in [2.45, 2.75) is 45.2 Å². The lowest BCUT2D eigenvalue weighted by molar-refractivity contribution is 0.398. The van der Waals surface area contributed by atoms with Crippen molar-refractivity contribution >= 4 is 0 Å². The Morgan fingerprint density at radius 2 is 2.50 bits per heavy atom. The molecule has 1 aromatic rings. The fraction of sp³-hybridized carbons (Fsp3) is 0.727. The highest BCUT2D eigenvalue weighted by Crippen LogP contribution is 2.23. The molecule has 0 saturated carbocycles. The first kappa shape index (κ1) is 9.71. The number of hydrogen-bond acceptors (Lipinski definition) is 2. The second-order valence-electron chi connectivity index (χ2n) is 4.41. The van der Waals surface area contributed by atoms with Crippen LogP contribution in [0.5, 0.6) is 0 Å². The molecule has 1 saturated heterocycles. The van der Waals surface area contributed by atoms with Crippen LogP contribution in [0, 0.1) is 0 Å². The molecule has 14 heavy (non-hydrogen) atoms. The summed E-state index contributed by atoms with van der Waals surface area (Å²) in [4.78, 5) is 0. The maximum absolute atomic E-state index is 4.30. The van der Waals surface area contributed by atoms with Crippen molar-refractivity contribution in [3.8, 4) is 0 Å². The van der Waals surface area contributed by atoms with E-state index >= 15 is 0 Å². The Balaban J connectivity index is 2.09. The molecule has 1 aliphatic heterocycles. The van der Waals surface area contributed by atoms with Crippen LogP contribution in [-0.4, -0.2) is 21.9 Å². The summed E-state index contributed by atoms with van der Waals surface area (Å²) < 4.78 is 2.09. The Morgan fingerprint density at radius 3 is 3.14 bits per heavy atom. The highest BCUT2D eigenvalue weighted by atomic mass is 15.3. The fourth-order valence-corrected chi connectivity index (χ4v) is 2.30. The molecule has 1 aromatic heterocycles. The lowest BCUT2D eigenvalue weighted by Gasteiger charge is -2.24. The van der Waals surface area contributed by atoms with E-state index in [0.717, 1.165) is 19.5 Å². The summed E-state index contributed by atoms with van der Waals surface area (Å²) in [7, 11) is 0. The molecule has 3 heteroatoms. The number of aromatic nitrogens is 2. The quantitative estimate of drug-likeness (QED) is 0.790. The average molecular weight is 193 g/mol. The van der Waals surface area contributed by atoms with E-state index in [1.807, 2.05) is 6.20 Å². The second-order valence-corrected chi connectivity index (χ2v) is 4.41. The monoisotopic (exact) mass is 193 g/mol. The molecule has 78 valence electrons. The maximum Gasteiger partial charge on any atom is 0.0492 e. The van der Waals surface area contributed by atoms with Crippen LogP contribution in [0.25, 0.3) is 0 Å². The number of nitrogens with one attached hydrogen (secondary N) is 1. The van der Waals surface area contributed by atoms with Crippen LogP contribution in [0.15, 0.2) is 12.3 Å². The SMILES string of the molecule is CCn1nccc1CC1(C)CCCN1. The number of aryl methyl sites for hydroxylation is 1. The lowest BCUT2D eigenvalue weighted by Crippen LogP contribution is -2.39. The van der Waals surface area contributed by atoms with E-state index in [1.165, 1.54) is 18.5 Å². The molecule has 0 radical (unpaired) electrons. The predicted molar refractivity (Wildman–Crippen MR) is 57.2 cm³/mol. The zero-order valence-corrected chi connectivity index (χ0v) is 9.08. The Hall–Kier alpha value is -0.830. The molecule has 2 rings (SSSR count). The van der Waals surface area contributed by atoms with Crippen molar-refractivity contribution < 1.29 is 0 Å². The third-order valence-electron chi connectivity index (χ3n) is 3.13. The van der Waals surface area contributed by atoms with Gasteiger partial charge in [0.2, 0.25) is 0 Å². The van der Waals surface area contributed by atoms with Gasteiger partial charge in [-0.05, 0) is 39.3 Å². The van der Waals surface area contributed by atoms with Gasteiger partial charge in [0.25, 0.3) is 0 Å². The van der Waals surface area contributed by atoms with Crippen molar-refractivity contribution in [3.05, 3.63) is 18.0 Å². The number of rotatable bonds is 3. The van der Waals surface area contributed by atoms with E-state index in [4.69, 9.17) is 0 Å². The molecule has 1 atom stereocenters. The molecular weight excluding hydrogens is 174 g/mol. The molecular formula is C11H19N3. The molecule has 0 aromatic carbocycles. The summed E-state index contributed by atoms with van der Waals surface area (Å²) in [6.45, 7) is 6.59. The highest BCUT2D eigenvalue weighted by molar-refractivity contribution is 5.07. The van der Waals surface area contributed by atoms with Gasteiger partial charge in [-0.1, -0.05) is 0 Å². The number of hydrogen-bond donors (Lipinski definition) is 1. The fourth-order valence-electron chi connectivity index (χ4n) is 2.30. The van der Waals surface area contributed by atoms with E-state index in [0.29, 0.717) is 5.54 Å². The number of nitrogens with zero attached hydrogens (tertiary/aromatic N) is 2. The Labute approximate surface area is 85.5 Å². The third kappa shape index (κ3) is 1.82. The van der Waals surface area contributed by atoms with Crippen LogP contribution in [0.1, 0.15) is 32.4 Å². The zero-order chi connectivity index (χ0) is 10.0. The third-order valence-corrected chi connectivity index (χ3v) is 3.13. The Bertz CT molecular complexity index is 297. The molecule has 0 spiro atoms. The van der Waals surface area contributed by atoms with Crippen LogP contribution >= 0.6 is 0 Å². The van der Waals surface area contributed by atoms with Gasteiger partial charge in [-0.25, -0.2) is 0 Å². The molecule has 1 unspecified atom stereocenters. The maximum atomic E-state index is 4.30. The van der Waals surface area contributed by atoms with Gasteiger partial charge in [-0.15, -0.1) is 0 Å². The van der Waals surface area contributed by atoms with Gasteiger partial charge >= 0.3 is 0 Å². The largest absolute Gasteiger partial charge is 0.311 e. The topological polar surface area (TPSA) is 29.9 Å². The van der Waals surface area contributed by atoms with Crippen LogP contribution in [0.3, 0.4) is 0 Å². The van der Waals surface area contributed by atoms with E-state index in [1.54, 1.807) is 0 Å². The first-order valence-corrected chi connectivity index (χ1v) is 5.49. The van der Waals surface area contributed by atoms with Gasteiger partial charge in [-0.3, -0.25) is 4.68 Å². The van der Waals surface area contributed by atoms with Crippen molar-refractivity contribution in [3.63, 3.8) is 0 Å². The standard InChI is InChI=1S/C11H19N3/c1-3-14-10(5-8-13-14)9-11(2)6-4-7-12-11/h5,8,12H,3-4,6-7,9H2,1-2H3. The lowest BCUT2D eigenvalue weighted by atomic mass is 9.94. The first-order chi connectivity index (χ1) is 6.73. The van der Waals surface area contributed by atoms with Gasteiger partial charge in [0.05, 0.1) is 0 Å². The molecule has 1 aliphatic rings. The van der Waals surface area contributed by atoms with Gasteiger partial charge < -0.3 is 5.32 Å². The highest BCUT2D eigenvalue weighted by Gasteiger charge is 2.28. The molecule has 3 nitrogen and oxygen atoms in total. The van der Waals surface area contributed by atoms with Crippen LogP contribution in [0.4, 0.5) is 0 Å². The summed E-state index contributed by atoms with van der Waals surface area (Å²) in [5.74, 6) is 0. The molecule has 1 fully saturated rings. The minimum absolute atomic E-state index is 0.299. The van der Waals surface area contributed by atoms with Gasteiger partial charge in [-0.2, -0.15) is 5.10 Å². The molecule has 1 N–H and O–H groups in total. The average Bonchev–Trinajstić information content (AvgIpc) is 2.75. The summed E-state index contributed by atoms with van der Waals surface area (Å²) in [5, 5.41) is 7.88. The van der Waals surface area contributed by atoms with E-state index in [2.05, 4.69) is 35.0 Å². The van der Waals surface area contributed by atoms with Crippen molar-refractivity contribution in [1.82, 2.24) is 15.1 Å². The van der Waals surface area contributed by atoms with Crippen molar-refractivity contribution in [2.24, 2.45) is 0 Å².